The molecule has 0 heterocycles. The number of carboxylic acids is 1. The second-order valence-corrected chi connectivity index (χ2v) is 11.0. The number of rotatable bonds is 14. The normalized spacial score (nSPS) is 15.6. The van der Waals surface area contributed by atoms with Crippen molar-refractivity contribution in [2.24, 2.45) is 17.6 Å². The van der Waals surface area contributed by atoms with Crippen molar-refractivity contribution in [3.8, 4) is 11.5 Å². The van der Waals surface area contributed by atoms with Gasteiger partial charge < -0.3 is 39.3 Å². The highest BCUT2D eigenvalue weighted by atomic mass is 16.8. The Balaban J connectivity index is 3.22. The molecule has 41 heavy (non-hydrogen) atoms. The predicted molar refractivity (Wildman–Crippen MR) is 149 cm³/mol. The maximum Gasteiger partial charge on any atom is 0.514 e. The Morgan fingerprint density at radius 1 is 0.756 bits per heavy atom. The van der Waals surface area contributed by atoms with Crippen molar-refractivity contribution in [3.63, 3.8) is 0 Å². The molecular formula is C29H45NO11. The summed E-state index contributed by atoms with van der Waals surface area (Å²) < 4.78 is 31.4. The fraction of sp³-hybridized carbons (Fsp3) is 0.655. The van der Waals surface area contributed by atoms with E-state index in [1.165, 1.54) is 25.1 Å². The second kappa shape index (κ2) is 16.0. The molecular weight excluding hydrogens is 538 g/mol. The number of hydrogen-bond acceptors (Lipinski definition) is 11. The van der Waals surface area contributed by atoms with E-state index in [0.717, 1.165) is 0 Å². The zero-order chi connectivity index (χ0) is 31.5. The second-order valence-electron chi connectivity index (χ2n) is 11.0. The maximum absolute atomic E-state index is 12.5. The lowest BCUT2D eigenvalue weighted by Crippen LogP contribution is -2.52. The van der Waals surface area contributed by atoms with E-state index in [2.05, 4.69) is 0 Å². The molecule has 1 aromatic rings. The quantitative estimate of drug-likeness (QED) is 0.152. The van der Waals surface area contributed by atoms with Crippen molar-refractivity contribution in [2.45, 2.75) is 112 Å². The molecule has 0 fully saturated rings. The van der Waals surface area contributed by atoms with E-state index in [1.54, 1.807) is 20.8 Å². The van der Waals surface area contributed by atoms with Gasteiger partial charge in [0.15, 0.2) is 11.5 Å². The fourth-order valence-corrected chi connectivity index (χ4v) is 3.22. The van der Waals surface area contributed by atoms with Crippen molar-refractivity contribution in [3.05, 3.63) is 23.8 Å². The number of ether oxygens (including phenoxy) is 6. The average Bonchev–Trinajstić information content (AvgIpc) is 2.84. The van der Waals surface area contributed by atoms with Crippen LogP contribution in [-0.4, -0.2) is 59.5 Å². The lowest BCUT2D eigenvalue weighted by molar-refractivity contribution is -0.144. The van der Waals surface area contributed by atoms with Crippen LogP contribution < -0.4 is 15.2 Å². The van der Waals surface area contributed by atoms with Crippen LogP contribution in [0.1, 0.15) is 80.7 Å². The molecule has 0 aliphatic rings. The van der Waals surface area contributed by atoms with E-state index in [0.29, 0.717) is 12.0 Å². The molecule has 0 saturated heterocycles. The van der Waals surface area contributed by atoms with Gasteiger partial charge in [0, 0.05) is 12.8 Å². The summed E-state index contributed by atoms with van der Waals surface area (Å²) in [5.41, 5.74) is 4.71. The van der Waals surface area contributed by atoms with E-state index in [1.807, 2.05) is 34.6 Å². The van der Waals surface area contributed by atoms with Gasteiger partial charge in [0.05, 0.1) is 0 Å². The SMILES string of the molecule is CCC(C)OC(=O)O[C@@H](C)CC(N)(Cc1ccc(OC(=O)OC(C)C(C)C)c(OC(=O)OC(C)C(C)C)c1)C(=O)O. The molecule has 1 aromatic carbocycles. The predicted octanol–water partition coefficient (Wildman–Crippen LogP) is 5.86. The molecule has 3 N–H and O–H groups in total. The zero-order valence-corrected chi connectivity index (χ0v) is 25.4. The molecule has 0 aromatic heterocycles. The summed E-state index contributed by atoms with van der Waals surface area (Å²) in [5, 5.41) is 9.94. The van der Waals surface area contributed by atoms with E-state index in [-0.39, 0.29) is 42.3 Å². The molecule has 4 unspecified atom stereocenters. The van der Waals surface area contributed by atoms with Gasteiger partial charge in [-0.25, -0.2) is 14.4 Å². The van der Waals surface area contributed by atoms with Gasteiger partial charge in [0.1, 0.15) is 30.0 Å². The van der Waals surface area contributed by atoms with E-state index < -0.39 is 48.3 Å². The molecule has 12 nitrogen and oxygen atoms in total. The van der Waals surface area contributed by atoms with Crippen molar-refractivity contribution in [1.29, 1.82) is 0 Å². The Morgan fingerprint density at radius 2 is 1.24 bits per heavy atom. The molecule has 1 rings (SSSR count). The minimum atomic E-state index is -1.88. The first kappa shape index (κ1) is 35.5. The third-order valence-electron chi connectivity index (χ3n) is 6.60. The number of benzene rings is 1. The van der Waals surface area contributed by atoms with Gasteiger partial charge >= 0.3 is 24.4 Å². The van der Waals surface area contributed by atoms with Crippen LogP contribution in [-0.2, 0) is 30.2 Å². The Morgan fingerprint density at radius 3 is 1.71 bits per heavy atom. The molecule has 0 amide bonds. The van der Waals surface area contributed by atoms with Crippen molar-refractivity contribution < 1.29 is 52.7 Å². The molecule has 0 spiro atoms. The van der Waals surface area contributed by atoms with Gasteiger partial charge in [-0.15, -0.1) is 0 Å². The van der Waals surface area contributed by atoms with Crippen LogP contribution in [0.25, 0.3) is 0 Å². The highest BCUT2D eigenvalue weighted by Crippen LogP contribution is 2.32. The van der Waals surface area contributed by atoms with E-state index in [4.69, 9.17) is 34.2 Å². The number of carboxylic acid groups (broad SMARTS) is 1. The first-order valence-electron chi connectivity index (χ1n) is 13.8. The van der Waals surface area contributed by atoms with Crippen LogP contribution in [0, 0.1) is 11.8 Å². The third kappa shape index (κ3) is 12.2. The lowest BCUT2D eigenvalue weighted by Gasteiger charge is -2.28. The number of carbonyl (C=O) groups is 4. The summed E-state index contributed by atoms with van der Waals surface area (Å²) in [7, 11) is 0. The summed E-state index contributed by atoms with van der Waals surface area (Å²) in [6.07, 6.45) is -5.07. The largest absolute Gasteiger partial charge is 0.514 e. The Labute approximate surface area is 241 Å². The molecule has 0 bridgehead atoms. The van der Waals surface area contributed by atoms with Crippen LogP contribution in [0.2, 0.25) is 0 Å². The molecule has 0 aliphatic carbocycles. The number of aliphatic carboxylic acids is 1. The van der Waals surface area contributed by atoms with Crippen molar-refractivity contribution >= 4 is 24.4 Å². The fourth-order valence-electron chi connectivity index (χ4n) is 3.22. The summed E-state index contributed by atoms with van der Waals surface area (Å²) in [6, 6.07) is 4.12. The Kier molecular flexibility index (Phi) is 13.9. The Hall–Kier alpha value is -3.54. The number of nitrogens with two attached hydrogens (primary N) is 1. The van der Waals surface area contributed by atoms with Gasteiger partial charge in [-0.3, -0.25) is 4.79 Å². The van der Waals surface area contributed by atoms with Crippen LogP contribution >= 0.6 is 0 Å². The Bertz CT molecular complexity index is 1040. The van der Waals surface area contributed by atoms with Gasteiger partial charge in [-0.05, 0) is 63.6 Å². The van der Waals surface area contributed by atoms with Gasteiger partial charge in [0.2, 0.25) is 0 Å². The summed E-state index contributed by atoms with van der Waals surface area (Å²) in [6.45, 7) is 15.9. The molecule has 0 aliphatic heterocycles. The average molecular weight is 584 g/mol. The molecule has 12 heteroatoms. The summed E-state index contributed by atoms with van der Waals surface area (Å²) in [5.74, 6) is -1.65. The van der Waals surface area contributed by atoms with E-state index in [9.17, 15) is 24.3 Å². The minimum Gasteiger partial charge on any atom is -0.480 e. The molecule has 0 radical (unpaired) electrons. The number of carbonyl (C=O) groups excluding carboxylic acids is 3. The summed E-state index contributed by atoms with van der Waals surface area (Å²) >= 11 is 0. The smallest absolute Gasteiger partial charge is 0.480 e. The van der Waals surface area contributed by atoms with Crippen LogP contribution in [0.3, 0.4) is 0 Å². The first-order valence-corrected chi connectivity index (χ1v) is 13.8. The first-order chi connectivity index (χ1) is 19.0. The monoisotopic (exact) mass is 583 g/mol. The topological polar surface area (TPSA) is 170 Å². The zero-order valence-electron chi connectivity index (χ0n) is 25.4. The standard InChI is InChI=1S/C29H45NO11/c1-10-18(6)36-26(33)37-19(7)14-29(30,25(31)32)15-22-11-12-23(40-27(34)38-20(8)16(2)3)24(13-22)41-28(35)39-21(9)17(4)5/h11-13,16-21H,10,14-15,30H2,1-9H3,(H,31,32)/t18?,19-,20?,21?,29?/m0/s1. The highest BCUT2D eigenvalue weighted by Gasteiger charge is 2.37. The van der Waals surface area contributed by atoms with Gasteiger partial charge in [0.25, 0.3) is 0 Å². The van der Waals surface area contributed by atoms with Crippen LogP contribution in [0.5, 0.6) is 11.5 Å². The summed E-state index contributed by atoms with van der Waals surface area (Å²) in [4.78, 5) is 49.0. The molecule has 0 saturated carbocycles. The van der Waals surface area contributed by atoms with Gasteiger partial charge in [-0.1, -0.05) is 40.7 Å². The minimum absolute atomic E-state index is 0.0113. The van der Waals surface area contributed by atoms with Crippen molar-refractivity contribution in [2.75, 3.05) is 0 Å². The van der Waals surface area contributed by atoms with Gasteiger partial charge in [-0.2, -0.15) is 0 Å². The van der Waals surface area contributed by atoms with Crippen LogP contribution in [0.4, 0.5) is 14.4 Å². The van der Waals surface area contributed by atoms with Crippen molar-refractivity contribution in [1.82, 2.24) is 0 Å². The highest BCUT2D eigenvalue weighted by molar-refractivity contribution is 5.79. The number of hydrogen-bond donors (Lipinski definition) is 2. The third-order valence-corrected chi connectivity index (χ3v) is 6.60. The maximum atomic E-state index is 12.5. The molecule has 232 valence electrons. The lowest BCUT2D eigenvalue weighted by atomic mass is 9.86. The van der Waals surface area contributed by atoms with E-state index >= 15 is 0 Å². The molecule has 5 atom stereocenters. The van der Waals surface area contributed by atoms with Crippen LogP contribution in [0.15, 0.2) is 18.2 Å².